The maximum absolute atomic E-state index is 12.7. The number of hydrogen-bond donors (Lipinski definition) is 0. The molecule has 1 aromatic rings. The molecule has 2 heterocycles. The first-order valence-electron chi connectivity index (χ1n) is 10.6. The van der Waals surface area contributed by atoms with Crippen molar-refractivity contribution in [2.45, 2.75) is 31.7 Å². The lowest BCUT2D eigenvalue weighted by Crippen LogP contribution is -2.62. The second-order valence-electron chi connectivity index (χ2n) is 8.15. The Morgan fingerprint density at radius 1 is 0.935 bits per heavy atom. The topological polar surface area (TPSA) is 85.4 Å². The predicted octanol–water partition coefficient (Wildman–Crippen LogP) is 1.81. The molecule has 0 N–H and O–H groups in total. The highest BCUT2D eigenvalue weighted by atomic mass is 16.5. The van der Waals surface area contributed by atoms with Gasteiger partial charge >= 0.3 is 0 Å². The molecule has 2 atom stereocenters. The van der Waals surface area contributed by atoms with Crippen molar-refractivity contribution < 1.29 is 28.6 Å². The molecule has 1 aliphatic carbocycles. The molecule has 2 unspecified atom stereocenters. The summed E-state index contributed by atoms with van der Waals surface area (Å²) in [6, 6.07) is 3.45. The van der Waals surface area contributed by atoms with Crippen molar-refractivity contribution in [2.24, 2.45) is 11.8 Å². The van der Waals surface area contributed by atoms with E-state index in [9.17, 15) is 14.4 Å². The van der Waals surface area contributed by atoms with Gasteiger partial charge in [-0.1, -0.05) is 18.2 Å². The van der Waals surface area contributed by atoms with Crippen LogP contribution in [0, 0.1) is 11.8 Å². The summed E-state index contributed by atoms with van der Waals surface area (Å²) in [7, 11) is 4.66. The summed E-state index contributed by atoms with van der Waals surface area (Å²) in [5.41, 5.74) is 0.854. The van der Waals surface area contributed by atoms with Gasteiger partial charge in [-0.25, -0.2) is 0 Å². The lowest BCUT2D eigenvalue weighted by atomic mass is 9.85. The van der Waals surface area contributed by atoms with Gasteiger partial charge in [0.2, 0.25) is 23.5 Å². The standard InChI is InChI=1S/C23H28N2O6/c1-29-18-10-8-14(20(30-2)21(18)31-3)9-11-19(26)24-12-15(13-24)25-22(27)16-6-4-5-7-17(16)23(25)28/h4-5,8,10,15-17H,6-7,9,11-13H2,1-3H3. The Labute approximate surface area is 181 Å². The number of nitrogens with zero attached hydrogens (tertiary/aromatic N) is 2. The summed E-state index contributed by atoms with van der Waals surface area (Å²) in [4.78, 5) is 41.2. The maximum atomic E-state index is 12.7. The van der Waals surface area contributed by atoms with Gasteiger partial charge in [-0.15, -0.1) is 0 Å². The van der Waals surface area contributed by atoms with Crippen molar-refractivity contribution >= 4 is 17.7 Å². The fourth-order valence-corrected chi connectivity index (χ4v) is 4.77. The van der Waals surface area contributed by atoms with Crippen molar-refractivity contribution in [3.63, 3.8) is 0 Å². The zero-order chi connectivity index (χ0) is 22.1. The van der Waals surface area contributed by atoms with Crippen molar-refractivity contribution in [3.8, 4) is 17.2 Å². The number of hydrogen-bond acceptors (Lipinski definition) is 6. The Kier molecular flexibility index (Phi) is 5.89. The van der Waals surface area contributed by atoms with Crippen LogP contribution in [0.25, 0.3) is 0 Å². The molecule has 3 amide bonds. The molecule has 2 saturated heterocycles. The highest BCUT2D eigenvalue weighted by Gasteiger charge is 2.52. The number of benzene rings is 1. The van der Waals surface area contributed by atoms with E-state index in [1.54, 1.807) is 32.3 Å². The molecule has 1 aromatic carbocycles. The Bertz CT molecular complexity index is 895. The second-order valence-corrected chi connectivity index (χ2v) is 8.15. The third-order valence-electron chi connectivity index (χ3n) is 6.52. The lowest BCUT2D eigenvalue weighted by molar-refractivity contribution is -0.152. The average molecular weight is 428 g/mol. The number of allylic oxidation sites excluding steroid dienone is 2. The molecule has 2 aliphatic heterocycles. The molecular weight excluding hydrogens is 400 g/mol. The van der Waals surface area contributed by atoms with Crippen LogP contribution in [0.2, 0.25) is 0 Å². The third kappa shape index (κ3) is 3.64. The molecular formula is C23H28N2O6. The number of amides is 3. The Morgan fingerprint density at radius 3 is 2.10 bits per heavy atom. The summed E-state index contributed by atoms with van der Waals surface area (Å²) in [6.45, 7) is 0.818. The van der Waals surface area contributed by atoms with E-state index < -0.39 is 0 Å². The highest BCUT2D eigenvalue weighted by Crippen LogP contribution is 2.40. The van der Waals surface area contributed by atoms with Crippen molar-refractivity contribution in [3.05, 3.63) is 29.8 Å². The van der Waals surface area contributed by atoms with Gasteiger partial charge in [0.1, 0.15) is 0 Å². The quantitative estimate of drug-likeness (QED) is 0.486. The largest absolute Gasteiger partial charge is 0.493 e. The minimum Gasteiger partial charge on any atom is -0.493 e. The molecule has 0 saturated carbocycles. The van der Waals surface area contributed by atoms with Crippen LogP contribution in [-0.2, 0) is 20.8 Å². The zero-order valence-corrected chi connectivity index (χ0v) is 18.1. The molecule has 3 aliphatic rings. The SMILES string of the molecule is COc1ccc(CCC(=O)N2CC(N3C(=O)C4CC=CCC4C3=O)C2)c(OC)c1OC. The minimum absolute atomic E-state index is 0.00809. The smallest absolute Gasteiger partial charge is 0.233 e. The van der Waals surface area contributed by atoms with E-state index in [-0.39, 0.29) is 35.6 Å². The lowest BCUT2D eigenvalue weighted by Gasteiger charge is -2.43. The minimum atomic E-state index is -0.222. The van der Waals surface area contributed by atoms with Gasteiger partial charge in [0.15, 0.2) is 11.5 Å². The summed E-state index contributed by atoms with van der Waals surface area (Å²) in [6.07, 6.45) is 6.02. The van der Waals surface area contributed by atoms with Crippen molar-refractivity contribution in [1.29, 1.82) is 0 Å². The molecule has 0 aromatic heterocycles. The fourth-order valence-electron chi connectivity index (χ4n) is 4.77. The van der Waals surface area contributed by atoms with Crippen LogP contribution in [0.4, 0.5) is 0 Å². The predicted molar refractivity (Wildman–Crippen MR) is 112 cm³/mol. The number of fused-ring (bicyclic) bond motifs is 1. The van der Waals surface area contributed by atoms with Crippen LogP contribution >= 0.6 is 0 Å². The molecule has 4 rings (SSSR count). The number of imide groups is 1. The Morgan fingerprint density at radius 2 is 1.55 bits per heavy atom. The van der Waals surface area contributed by atoms with Crippen LogP contribution in [0.5, 0.6) is 17.2 Å². The monoisotopic (exact) mass is 428 g/mol. The number of methoxy groups -OCH3 is 3. The van der Waals surface area contributed by atoms with Gasteiger partial charge in [0.25, 0.3) is 0 Å². The molecule has 31 heavy (non-hydrogen) atoms. The molecule has 0 radical (unpaired) electrons. The zero-order valence-electron chi connectivity index (χ0n) is 18.1. The molecule has 2 fully saturated rings. The number of aryl methyl sites for hydroxylation is 1. The Hall–Kier alpha value is -3.03. The Balaban J connectivity index is 1.34. The van der Waals surface area contributed by atoms with Gasteiger partial charge in [-0.3, -0.25) is 19.3 Å². The van der Waals surface area contributed by atoms with Crippen molar-refractivity contribution in [2.75, 3.05) is 34.4 Å². The van der Waals surface area contributed by atoms with Crippen LogP contribution in [0.1, 0.15) is 24.8 Å². The van der Waals surface area contributed by atoms with Crippen LogP contribution in [0.3, 0.4) is 0 Å². The first-order valence-corrected chi connectivity index (χ1v) is 10.6. The van der Waals surface area contributed by atoms with E-state index in [0.29, 0.717) is 56.0 Å². The van der Waals surface area contributed by atoms with Crippen LogP contribution in [-0.4, -0.2) is 68.0 Å². The van der Waals surface area contributed by atoms with E-state index in [4.69, 9.17) is 14.2 Å². The van der Waals surface area contributed by atoms with Gasteiger partial charge in [0.05, 0.1) is 39.2 Å². The van der Waals surface area contributed by atoms with E-state index >= 15 is 0 Å². The van der Waals surface area contributed by atoms with E-state index in [1.807, 2.05) is 18.2 Å². The van der Waals surface area contributed by atoms with E-state index in [0.717, 1.165) is 5.56 Å². The van der Waals surface area contributed by atoms with E-state index in [2.05, 4.69) is 0 Å². The normalized spacial score (nSPS) is 22.9. The molecule has 0 bridgehead atoms. The number of ether oxygens (including phenoxy) is 3. The summed E-state index contributed by atoms with van der Waals surface area (Å²) >= 11 is 0. The molecule has 0 spiro atoms. The first kappa shape index (κ1) is 21.2. The van der Waals surface area contributed by atoms with Gasteiger partial charge < -0.3 is 19.1 Å². The molecule has 8 nitrogen and oxygen atoms in total. The van der Waals surface area contributed by atoms with E-state index in [1.165, 1.54) is 4.90 Å². The summed E-state index contributed by atoms with van der Waals surface area (Å²) in [5, 5.41) is 0. The van der Waals surface area contributed by atoms with Crippen LogP contribution < -0.4 is 14.2 Å². The number of rotatable bonds is 7. The number of likely N-dealkylation sites (tertiary alicyclic amines) is 2. The van der Waals surface area contributed by atoms with Crippen LogP contribution in [0.15, 0.2) is 24.3 Å². The first-order chi connectivity index (χ1) is 15.0. The molecule has 166 valence electrons. The van der Waals surface area contributed by atoms with Gasteiger partial charge in [0, 0.05) is 19.5 Å². The number of carbonyl (C=O) groups is 3. The average Bonchev–Trinajstić information content (AvgIpc) is 3.01. The highest BCUT2D eigenvalue weighted by molar-refractivity contribution is 6.06. The summed E-state index contributed by atoms with van der Waals surface area (Å²) in [5.74, 6) is 1.01. The third-order valence-corrected chi connectivity index (χ3v) is 6.52. The number of carbonyl (C=O) groups excluding carboxylic acids is 3. The second kappa shape index (κ2) is 8.61. The van der Waals surface area contributed by atoms with Gasteiger partial charge in [-0.2, -0.15) is 0 Å². The van der Waals surface area contributed by atoms with Crippen molar-refractivity contribution in [1.82, 2.24) is 9.80 Å². The molecule has 8 heteroatoms. The summed E-state index contributed by atoms with van der Waals surface area (Å²) < 4.78 is 16.2. The van der Waals surface area contributed by atoms with Gasteiger partial charge in [-0.05, 0) is 30.9 Å². The maximum Gasteiger partial charge on any atom is 0.233 e. The fraction of sp³-hybridized carbons (Fsp3) is 0.522.